The summed E-state index contributed by atoms with van der Waals surface area (Å²) >= 11 is 10.6. The predicted octanol–water partition coefficient (Wildman–Crippen LogP) is 6.19. The molecule has 0 saturated heterocycles. The van der Waals surface area contributed by atoms with E-state index in [1.54, 1.807) is 26.0 Å². The topological polar surface area (TPSA) is 67.9 Å². The van der Waals surface area contributed by atoms with E-state index in [-0.39, 0.29) is 5.57 Å². The van der Waals surface area contributed by atoms with Crippen molar-refractivity contribution >= 4 is 68.8 Å². The molecule has 0 unspecified atom stereocenters. The van der Waals surface area contributed by atoms with Crippen molar-refractivity contribution in [3.63, 3.8) is 0 Å². The molecule has 152 valence electrons. The predicted molar refractivity (Wildman–Crippen MR) is 134 cm³/mol. The maximum Gasteiger partial charge on any atom is 0.289 e. The molecule has 1 aromatic heterocycles. The first-order chi connectivity index (χ1) is 14.3. The number of allylic oxidation sites excluding steroid dienone is 1. The second-order valence-corrected chi connectivity index (χ2v) is 9.24. The zero-order chi connectivity index (χ0) is 21.8. The van der Waals surface area contributed by atoms with Crippen LogP contribution >= 0.6 is 56.8 Å². The molecule has 0 amide bonds. The molecule has 0 atom stereocenters. The van der Waals surface area contributed by atoms with Crippen LogP contribution in [0.1, 0.15) is 27.3 Å². The molecule has 5 nitrogen and oxygen atoms in total. The van der Waals surface area contributed by atoms with E-state index in [0.717, 1.165) is 29.7 Å². The quantitative estimate of drug-likeness (QED) is 0.189. The second-order valence-electron chi connectivity index (χ2n) is 6.51. The van der Waals surface area contributed by atoms with E-state index >= 15 is 0 Å². The number of hydrogen-bond donors (Lipinski definition) is 0. The number of rotatable bonds is 5. The fraction of sp³-hybridized carbons (Fsp3) is 0.136. The lowest BCUT2D eigenvalue weighted by molar-refractivity contribution is 0.0943. The molecule has 0 N–H and O–H groups in total. The highest BCUT2D eigenvalue weighted by atomic mass is 127. The molecule has 30 heavy (non-hydrogen) atoms. The molecule has 0 spiro atoms. The Morgan fingerprint density at radius 1 is 1.23 bits per heavy atom. The van der Waals surface area contributed by atoms with Gasteiger partial charge in [0.25, 0.3) is 5.91 Å². The molecule has 3 rings (SSSR count). The summed E-state index contributed by atoms with van der Waals surface area (Å²) in [6.45, 7) is 3.93. The molecule has 0 saturated carbocycles. The molecular weight excluding hydrogens is 628 g/mol. The van der Waals surface area contributed by atoms with Gasteiger partial charge in [-0.05, 0) is 94.9 Å². The second kappa shape index (κ2) is 9.94. The summed E-state index contributed by atoms with van der Waals surface area (Å²) in [7, 11) is 0. The van der Waals surface area contributed by atoms with Crippen LogP contribution in [0.15, 0.2) is 48.0 Å². The lowest BCUT2D eigenvalue weighted by Crippen LogP contribution is -2.15. The van der Waals surface area contributed by atoms with E-state index in [2.05, 4.69) is 50.3 Å². The molecule has 3 aromatic rings. The van der Waals surface area contributed by atoms with Gasteiger partial charge in [-0.15, -0.1) is 0 Å². The Kier molecular flexibility index (Phi) is 7.55. The fourth-order valence-corrected chi connectivity index (χ4v) is 5.14. The van der Waals surface area contributed by atoms with Crippen molar-refractivity contribution in [2.24, 2.45) is 0 Å². The van der Waals surface area contributed by atoms with Crippen LogP contribution in [-0.4, -0.2) is 15.7 Å². The number of carbonyl (C=O) groups excluding carboxylic acids is 1. The molecule has 0 fully saturated rings. The standard InChI is InChI=1S/C22H16ClI2N3O2/c1-13-7-14(2)28(27-13)22(29)17(11-26)8-15-9-19(24)21(20(25)10-15)30-12-16-5-3-4-6-18(16)23/h3-10H,12H2,1-2H3/b17-8+. The van der Waals surface area contributed by atoms with Crippen molar-refractivity contribution in [3.8, 4) is 11.8 Å². The first-order valence-corrected chi connectivity index (χ1v) is 11.4. The van der Waals surface area contributed by atoms with Gasteiger partial charge in [0.05, 0.1) is 12.8 Å². The van der Waals surface area contributed by atoms with Crippen LogP contribution in [0.3, 0.4) is 0 Å². The molecular formula is C22H16ClI2N3O2. The average molecular weight is 644 g/mol. The zero-order valence-electron chi connectivity index (χ0n) is 16.1. The van der Waals surface area contributed by atoms with Crippen LogP contribution in [0.5, 0.6) is 5.75 Å². The Bertz CT molecular complexity index is 1170. The van der Waals surface area contributed by atoms with Gasteiger partial charge in [0.2, 0.25) is 0 Å². The first kappa shape index (κ1) is 22.8. The van der Waals surface area contributed by atoms with Crippen LogP contribution in [0.2, 0.25) is 5.02 Å². The molecule has 0 radical (unpaired) electrons. The zero-order valence-corrected chi connectivity index (χ0v) is 21.2. The van der Waals surface area contributed by atoms with Crippen molar-refractivity contribution in [1.82, 2.24) is 9.78 Å². The summed E-state index contributed by atoms with van der Waals surface area (Å²) < 4.78 is 8.98. The third-order valence-corrected chi connectivity index (χ3v) is 6.19. The van der Waals surface area contributed by atoms with Gasteiger partial charge in [-0.3, -0.25) is 4.79 Å². The first-order valence-electron chi connectivity index (χ1n) is 8.85. The Morgan fingerprint density at radius 3 is 2.47 bits per heavy atom. The van der Waals surface area contributed by atoms with Gasteiger partial charge in [-0.25, -0.2) is 4.68 Å². The third kappa shape index (κ3) is 5.22. The number of nitrogens with zero attached hydrogens (tertiary/aromatic N) is 3. The highest BCUT2D eigenvalue weighted by Gasteiger charge is 2.16. The van der Waals surface area contributed by atoms with Crippen molar-refractivity contribution < 1.29 is 9.53 Å². The van der Waals surface area contributed by atoms with E-state index in [4.69, 9.17) is 16.3 Å². The monoisotopic (exact) mass is 643 g/mol. The van der Waals surface area contributed by atoms with Crippen LogP contribution in [0, 0.1) is 32.3 Å². The summed E-state index contributed by atoms with van der Waals surface area (Å²) in [6.07, 6.45) is 1.57. The van der Waals surface area contributed by atoms with Gasteiger partial charge in [0.1, 0.15) is 24.0 Å². The minimum atomic E-state index is -0.452. The van der Waals surface area contributed by atoms with Gasteiger partial charge in [0, 0.05) is 16.3 Å². The van der Waals surface area contributed by atoms with E-state index in [1.807, 2.05) is 42.5 Å². The summed E-state index contributed by atoms with van der Waals surface area (Å²) in [5, 5.41) is 14.4. The van der Waals surface area contributed by atoms with Crippen molar-refractivity contribution in [2.45, 2.75) is 20.5 Å². The lowest BCUT2D eigenvalue weighted by atomic mass is 10.1. The smallest absolute Gasteiger partial charge is 0.289 e. The van der Waals surface area contributed by atoms with Crippen LogP contribution in [-0.2, 0) is 6.61 Å². The van der Waals surface area contributed by atoms with E-state index in [9.17, 15) is 10.1 Å². The Morgan fingerprint density at radius 2 is 1.90 bits per heavy atom. The van der Waals surface area contributed by atoms with E-state index in [1.165, 1.54) is 4.68 Å². The number of halogens is 3. The highest BCUT2D eigenvalue weighted by molar-refractivity contribution is 14.1. The van der Waals surface area contributed by atoms with Crippen LogP contribution in [0.25, 0.3) is 6.08 Å². The number of aryl methyl sites for hydroxylation is 2. The number of carbonyl (C=O) groups is 1. The normalized spacial score (nSPS) is 11.3. The van der Waals surface area contributed by atoms with Crippen LogP contribution in [0.4, 0.5) is 0 Å². The third-order valence-electron chi connectivity index (χ3n) is 4.21. The van der Waals surface area contributed by atoms with Gasteiger partial charge in [-0.1, -0.05) is 29.8 Å². The minimum Gasteiger partial charge on any atom is -0.487 e. The van der Waals surface area contributed by atoms with Gasteiger partial charge >= 0.3 is 0 Å². The minimum absolute atomic E-state index is 0.0116. The maximum atomic E-state index is 12.7. The number of benzene rings is 2. The van der Waals surface area contributed by atoms with Crippen molar-refractivity contribution in [1.29, 1.82) is 5.26 Å². The molecule has 0 aliphatic heterocycles. The van der Waals surface area contributed by atoms with E-state index in [0.29, 0.717) is 17.3 Å². The number of nitriles is 1. The van der Waals surface area contributed by atoms with Crippen LogP contribution < -0.4 is 4.74 Å². The summed E-state index contributed by atoms with van der Waals surface area (Å²) in [5.41, 5.74) is 3.06. The van der Waals surface area contributed by atoms with E-state index < -0.39 is 5.91 Å². The molecule has 8 heteroatoms. The molecule has 0 aliphatic rings. The summed E-state index contributed by atoms with van der Waals surface area (Å²) in [6, 6.07) is 15.1. The van der Waals surface area contributed by atoms with Gasteiger partial charge < -0.3 is 4.74 Å². The maximum absolute atomic E-state index is 12.7. The van der Waals surface area contributed by atoms with Gasteiger partial charge in [-0.2, -0.15) is 10.4 Å². The highest BCUT2D eigenvalue weighted by Crippen LogP contribution is 2.31. The molecule has 0 aliphatic carbocycles. The van der Waals surface area contributed by atoms with Gasteiger partial charge in [0.15, 0.2) is 0 Å². The molecule has 0 bridgehead atoms. The Balaban J connectivity index is 1.86. The molecule has 2 aromatic carbocycles. The Hall–Kier alpha value is -1.90. The lowest BCUT2D eigenvalue weighted by Gasteiger charge is -2.12. The average Bonchev–Trinajstić information content (AvgIpc) is 3.04. The number of ether oxygens (including phenoxy) is 1. The summed E-state index contributed by atoms with van der Waals surface area (Å²) in [4.78, 5) is 12.7. The SMILES string of the molecule is Cc1cc(C)n(C(=O)/C(C#N)=C/c2cc(I)c(OCc3ccccc3Cl)c(I)c2)n1. The van der Waals surface area contributed by atoms with Crippen molar-refractivity contribution in [2.75, 3.05) is 0 Å². The fourth-order valence-electron chi connectivity index (χ4n) is 2.82. The number of hydrogen-bond acceptors (Lipinski definition) is 4. The van der Waals surface area contributed by atoms with Crippen molar-refractivity contribution in [3.05, 3.63) is 82.7 Å². The Labute approximate surface area is 207 Å². The number of aromatic nitrogens is 2. The molecule has 1 heterocycles. The summed E-state index contributed by atoms with van der Waals surface area (Å²) in [5.74, 6) is 0.281. The largest absolute Gasteiger partial charge is 0.487 e.